The molecule has 2 N–H and O–H groups in total. The standard InChI is InChI=1S/C22H30FN3O2S/c1-26(29(27,28)17-18-9-8-12-20(23)15-18)14-7-3-6-13-21-16-22(25-24-21)19-10-4-2-5-11-19/h2,4-5,8-12,15,21-22,24-25H,3,6-7,13-14,16-17H2,1H3. The van der Waals surface area contributed by atoms with Gasteiger partial charge >= 0.3 is 0 Å². The first-order valence-electron chi connectivity index (χ1n) is 10.2. The lowest BCUT2D eigenvalue weighted by molar-refractivity contribution is 0.437. The summed E-state index contributed by atoms with van der Waals surface area (Å²) in [5.74, 6) is -0.579. The number of halogens is 1. The molecule has 2 atom stereocenters. The maximum Gasteiger partial charge on any atom is 0.218 e. The first-order valence-corrected chi connectivity index (χ1v) is 11.8. The SMILES string of the molecule is CN(CCCCCC1CC(c2ccccc2)NN1)S(=O)(=O)Cc1cccc(F)c1. The van der Waals surface area contributed by atoms with Gasteiger partial charge in [0.1, 0.15) is 5.82 Å². The molecule has 1 saturated heterocycles. The van der Waals surface area contributed by atoms with E-state index >= 15 is 0 Å². The summed E-state index contributed by atoms with van der Waals surface area (Å²) in [4.78, 5) is 0. The summed E-state index contributed by atoms with van der Waals surface area (Å²) in [5, 5.41) is 0. The minimum atomic E-state index is -3.43. The van der Waals surface area contributed by atoms with Gasteiger partial charge in [-0.3, -0.25) is 10.9 Å². The number of hydrazine groups is 1. The van der Waals surface area contributed by atoms with Crippen molar-refractivity contribution in [3.05, 3.63) is 71.5 Å². The van der Waals surface area contributed by atoms with Gasteiger partial charge in [-0.05, 0) is 42.5 Å². The van der Waals surface area contributed by atoms with Gasteiger partial charge in [-0.15, -0.1) is 0 Å². The molecule has 158 valence electrons. The number of unbranched alkanes of at least 4 members (excludes halogenated alkanes) is 2. The second-order valence-corrected chi connectivity index (χ2v) is 9.82. The lowest BCUT2D eigenvalue weighted by atomic mass is 9.99. The van der Waals surface area contributed by atoms with Crippen LogP contribution in [-0.2, 0) is 15.8 Å². The molecule has 1 aliphatic rings. The number of nitrogens with one attached hydrogen (secondary N) is 2. The van der Waals surface area contributed by atoms with Crippen molar-refractivity contribution in [3.63, 3.8) is 0 Å². The molecule has 0 bridgehead atoms. The Morgan fingerprint density at radius 1 is 1.03 bits per heavy atom. The molecule has 0 amide bonds. The lowest BCUT2D eigenvalue weighted by Crippen LogP contribution is -2.31. The molecule has 2 unspecified atom stereocenters. The van der Waals surface area contributed by atoms with Crippen LogP contribution in [0.4, 0.5) is 4.39 Å². The van der Waals surface area contributed by atoms with Gasteiger partial charge in [0.25, 0.3) is 0 Å². The number of rotatable bonds is 10. The summed E-state index contributed by atoms with van der Waals surface area (Å²) in [7, 11) is -1.83. The number of nitrogens with zero attached hydrogens (tertiary/aromatic N) is 1. The van der Waals surface area contributed by atoms with Crippen molar-refractivity contribution in [2.45, 2.75) is 49.9 Å². The Kier molecular flexibility index (Phi) is 7.77. The average molecular weight is 420 g/mol. The first kappa shape index (κ1) is 21.9. The fraction of sp³-hybridized carbons (Fsp3) is 0.455. The lowest BCUT2D eigenvalue weighted by Gasteiger charge is -2.17. The molecule has 2 aromatic carbocycles. The fourth-order valence-electron chi connectivity index (χ4n) is 3.70. The number of hydrogen-bond acceptors (Lipinski definition) is 4. The Morgan fingerprint density at radius 3 is 2.59 bits per heavy atom. The van der Waals surface area contributed by atoms with E-state index in [1.807, 2.05) is 6.07 Å². The number of benzene rings is 2. The third kappa shape index (κ3) is 6.60. The number of sulfonamides is 1. The molecule has 1 aliphatic heterocycles. The minimum Gasteiger partial charge on any atom is -0.254 e. The van der Waals surface area contributed by atoms with E-state index in [0.29, 0.717) is 24.2 Å². The van der Waals surface area contributed by atoms with Gasteiger partial charge in [-0.2, -0.15) is 0 Å². The Bertz CT molecular complexity index is 877. The normalized spacial score (nSPS) is 19.7. The highest BCUT2D eigenvalue weighted by Crippen LogP contribution is 2.24. The van der Waals surface area contributed by atoms with Crippen molar-refractivity contribution in [2.24, 2.45) is 0 Å². The molecule has 0 saturated carbocycles. The van der Waals surface area contributed by atoms with Crippen LogP contribution >= 0.6 is 0 Å². The third-order valence-corrected chi connectivity index (χ3v) is 7.25. The van der Waals surface area contributed by atoms with Crippen LogP contribution in [0.25, 0.3) is 0 Å². The van der Waals surface area contributed by atoms with Gasteiger partial charge in [-0.25, -0.2) is 17.1 Å². The van der Waals surface area contributed by atoms with E-state index in [9.17, 15) is 12.8 Å². The zero-order valence-corrected chi connectivity index (χ0v) is 17.7. The minimum absolute atomic E-state index is 0.167. The third-order valence-electron chi connectivity index (χ3n) is 5.42. The predicted octanol–water partition coefficient (Wildman–Crippen LogP) is 3.76. The molecular formula is C22H30FN3O2S. The van der Waals surface area contributed by atoms with E-state index < -0.39 is 15.8 Å². The van der Waals surface area contributed by atoms with Gasteiger partial charge in [-0.1, -0.05) is 55.3 Å². The molecule has 0 radical (unpaired) electrons. The van der Waals surface area contributed by atoms with E-state index in [2.05, 4.69) is 35.1 Å². The largest absolute Gasteiger partial charge is 0.254 e. The Morgan fingerprint density at radius 2 is 1.83 bits per heavy atom. The van der Waals surface area contributed by atoms with Crippen molar-refractivity contribution in [1.82, 2.24) is 15.2 Å². The predicted molar refractivity (Wildman–Crippen MR) is 114 cm³/mol. The first-order chi connectivity index (χ1) is 13.9. The van der Waals surface area contributed by atoms with Crippen molar-refractivity contribution in [1.29, 1.82) is 0 Å². The molecule has 1 fully saturated rings. The zero-order valence-electron chi connectivity index (χ0n) is 16.9. The van der Waals surface area contributed by atoms with E-state index in [4.69, 9.17) is 0 Å². The second-order valence-electron chi connectivity index (χ2n) is 7.74. The van der Waals surface area contributed by atoms with Gasteiger partial charge < -0.3 is 0 Å². The van der Waals surface area contributed by atoms with Gasteiger partial charge in [0.15, 0.2) is 0 Å². The summed E-state index contributed by atoms with van der Waals surface area (Å²) in [5.41, 5.74) is 8.51. The molecule has 0 aromatic heterocycles. The molecular weight excluding hydrogens is 389 g/mol. The Hall–Kier alpha value is -1.80. The van der Waals surface area contributed by atoms with Crippen LogP contribution in [0.2, 0.25) is 0 Å². The summed E-state index contributed by atoms with van der Waals surface area (Å²) >= 11 is 0. The smallest absolute Gasteiger partial charge is 0.218 e. The highest BCUT2D eigenvalue weighted by Gasteiger charge is 2.24. The average Bonchev–Trinajstić information content (AvgIpc) is 3.17. The zero-order chi connectivity index (χ0) is 20.7. The molecule has 29 heavy (non-hydrogen) atoms. The maximum absolute atomic E-state index is 13.3. The van der Waals surface area contributed by atoms with Gasteiger partial charge in [0.2, 0.25) is 10.0 Å². The maximum atomic E-state index is 13.3. The molecule has 0 aliphatic carbocycles. The van der Waals surface area contributed by atoms with Crippen LogP contribution in [0.15, 0.2) is 54.6 Å². The quantitative estimate of drug-likeness (QED) is 0.576. The van der Waals surface area contributed by atoms with Crippen LogP contribution < -0.4 is 10.9 Å². The second kappa shape index (κ2) is 10.3. The highest BCUT2D eigenvalue weighted by atomic mass is 32.2. The van der Waals surface area contributed by atoms with E-state index in [1.54, 1.807) is 13.1 Å². The van der Waals surface area contributed by atoms with Crippen molar-refractivity contribution >= 4 is 10.0 Å². The van der Waals surface area contributed by atoms with Crippen LogP contribution in [0.3, 0.4) is 0 Å². The van der Waals surface area contributed by atoms with E-state index in [0.717, 1.165) is 32.1 Å². The molecule has 7 heteroatoms. The molecule has 0 spiro atoms. The molecule has 2 aromatic rings. The van der Waals surface area contributed by atoms with Crippen LogP contribution in [0.1, 0.15) is 49.3 Å². The summed E-state index contributed by atoms with van der Waals surface area (Å²) in [6, 6.07) is 17.0. The highest BCUT2D eigenvalue weighted by molar-refractivity contribution is 7.88. The van der Waals surface area contributed by atoms with Crippen molar-refractivity contribution < 1.29 is 12.8 Å². The number of hydrogen-bond donors (Lipinski definition) is 2. The van der Waals surface area contributed by atoms with Crippen LogP contribution in [0.5, 0.6) is 0 Å². The summed E-state index contributed by atoms with van der Waals surface area (Å²) in [6.07, 6.45) is 4.98. The Labute approximate surface area is 173 Å². The fourth-order valence-corrected chi connectivity index (χ4v) is 4.93. The van der Waals surface area contributed by atoms with Gasteiger partial charge in [0, 0.05) is 25.7 Å². The summed E-state index contributed by atoms with van der Waals surface area (Å²) < 4.78 is 39.5. The van der Waals surface area contributed by atoms with E-state index in [-0.39, 0.29) is 5.75 Å². The Balaban J connectivity index is 1.34. The van der Waals surface area contributed by atoms with Crippen molar-refractivity contribution in [2.75, 3.05) is 13.6 Å². The van der Waals surface area contributed by atoms with Gasteiger partial charge in [0.05, 0.1) is 5.75 Å². The van der Waals surface area contributed by atoms with E-state index in [1.165, 1.54) is 28.1 Å². The topological polar surface area (TPSA) is 61.4 Å². The van der Waals surface area contributed by atoms with Crippen LogP contribution in [0, 0.1) is 5.82 Å². The molecule has 3 rings (SSSR count). The monoisotopic (exact) mass is 419 g/mol. The van der Waals surface area contributed by atoms with Crippen LogP contribution in [-0.4, -0.2) is 32.4 Å². The molecule has 5 nitrogen and oxygen atoms in total. The van der Waals surface area contributed by atoms with Crippen molar-refractivity contribution in [3.8, 4) is 0 Å². The summed E-state index contributed by atoms with van der Waals surface area (Å²) in [6.45, 7) is 0.487. The molecule has 1 heterocycles.